The number of nitrogens with zero attached hydrogens (tertiary/aromatic N) is 1. The SMILES string of the molecule is CCNC(=NCC(CC)CC)NCCOC. The summed E-state index contributed by atoms with van der Waals surface area (Å²) in [4.78, 5) is 4.57. The Morgan fingerprint density at radius 1 is 1.19 bits per heavy atom. The maximum Gasteiger partial charge on any atom is 0.191 e. The van der Waals surface area contributed by atoms with Crippen LogP contribution in [0, 0.1) is 5.92 Å². The molecule has 0 fully saturated rings. The Morgan fingerprint density at radius 3 is 2.38 bits per heavy atom. The van der Waals surface area contributed by atoms with E-state index in [9.17, 15) is 0 Å². The van der Waals surface area contributed by atoms with E-state index in [1.807, 2.05) is 0 Å². The van der Waals surface area contributed by atoms with Gasteiger partial charge in [0.05, 0.1) is 6.61 Å². The molecule has 0 spiro atoms. The molecular weight excluding hydrogens is 202 g/mol. The standard InChI is InChI=1S/C12H27N3O/c1-5-11(6-2)10-15-12(13-7-3)14-8-9-16-4/h11H,5-10H2,1-4H3,(H2,13,14,15). The normalized spacial score (nSPS) is 11.9. The van der Waals surface area contributed by atoms with E-state index in [0.29, 0.717) is 12.5 Å². The molecular formula is C12H27N3O. The molecule has 0 aromatic carbocycles. The van der Waals surface area contributed by atoms with Crippen molar-refractivity contribution < 1.29 is 4.74 Å². The topological polar surface area (TPSA) is 45.7 Å². The van der Waals surface area contributed by atoms with Gasteiger partial charge in [0.15, 0.2) is 5.96 Å². The quantitative estimate of drug-likeness (QED) is 0.378. The van der Waals surface area contributed by atoms with Gasteiger partial charge in [0.25, 0.3) is 0 Å². The zero-order chi connectivity index (χ0) is 12.2. The van der Waals surface area contributed by atoms with E-state index in [1.54, 1.807) is 7.11 Å². The Hall–Kier alpha value is -0.770. The summed E-state index contributed by atoms with van der Waals surface area (Å²) in [6, 6.07) is 0. The van der Waals surface area contributed by atoms with Crippen molar-refractivity contribution in [2.75, 3.05) is 33.4 Å². The molecule has 0 aliphatic heterocycles. The molecule has 0 aliphatic rings. The summed E-state index contributed by atoms with van der Waals surface area (Å²) >= 11 is 0. The summed E-state index contributed by atoms with van der Waals surface area (Å²) in [5.41, 5.74) is 0. The van der Waals surface area contributed by atoms with Crippen molar-refractivity contribution in [3.63, 3.8) is 0 Å². The molecule has 2 N–H and O–H groups in total. The minimum absolute atomic E-state index is 0.692. The lowest BCUT2D eigenvalue weighted by Gasteiger charge is -2.13. The van der Waals surface area contributed by atoms with Gasteiger partial charge in [-0.2, -0.15) is 0 Å². The van der Waals surface area contributed by atoms with Crippen LogP contribution in [0.15, 0.2) is 4.99 Å². The van der Waals surface area contributed by atoms with Crippen LogP contribution in [-0.2, 0) is 4.74 Å². The number of nitrogens with one attached hydrogen (secondary N) is 2. The largest absolute Gasteiger partial charge is 0.383 e. The van der Waals surface area contributed by atoms with Crippen molar-refractivity contribution in [1.29, 1.82) is 0 Å². The molecule has 4 heteroatoms. The van der Waals surface area contributed by atoms with Gasteiger partial charge >= 0.3 is 0 Å². The lowest BCUT2D eigenvalue weighted by atomic mass is 10.0. The summed E-state index contributed by atoms with van der Waals surface area (Å²) in [5, 5.41) is 6.47. The van der Waals surface area contributed by atoms with Crippen LogP contribution in [0.5, 0.6) is 0 Å². The van der Waals surface area contributed by atoms with Crippen molar-refractivity contribution in [3.8, 4) is 0 Å². The first-order valence-corrected chi connectivity index (χ1v) is 6.29. The van der Waals surface area contributed by atoms with Gasteiger partial charge in [-0.15, -0.1) is 0 Å². The molecule has 0 amide bonds. The number of rotatable bonds is 8. The number of ether oxygens (including phenoxy) is 1. The highest BCUT2D eigenvalue weighted by Crippen LogP contribution is 2.06. The predicted octanol–water partition coefficient (Wildman–Crippen LogP) is 1.62. The lowest BCUT2D eigenvalue weighted by Crippen LogP contribution is -2.39. The molecule has 0 unspecified atom stereocenters. The minimum Gasteiger partial charge on any atom is -0.383 e. The molecule has 0 saturated carbocycles. The van der Waals surface area contributed by atoms with E-state index < -0.39 is 0 Å². The second-order valence-electron chi connectivity index (χ2n) is 3.82. The zero-order valence-corrected chi connectivity index (χ0v) is 11.2. The molecule has 0 aromatic rings. The molecule has 4 nitrogen and oxygen atoms in total. The maximum atomic E-state index is 4.99. The third-order valence-electron chi connectivity index (χ3n) is 2.61. The van der Waals surface area contributed by atoms with Crippen molar-refractivity contribution in [3.05, 3.63) is 0 Å². The van der Waals surface area contributed by atoms with Crippen LogP contribution in [0.2, 0.25) is 0 Å². The van der Waals surface area contributed by atoms with Gasteiger partial charge in [-0.1, -0.05) is 26.7 Å². The fraction of sp³-hybridized carbons (Fsp3) is 0.917. The van der Waals surface area contributed by atoms with Gasteiger partial charge in [-0.25, -0.2) is 0 Å². The highest BCUT2D eigenvalue weighted by molar-refractivity contribution is 5.79. The summed E-state index contributed by atoms with van der Waals surface area (Å²) in [6.07, 6.45) is 2.38. The number of methoxy groups -OCH3 is 1. The third kappa shape index (κ3) is 7.51. The Morgan fingerprint density at radius 2 is 1.88 bits per heavy atom. The average molecular weight is 229 g/mol. The summed E-state index contributed by atoms with van der Waals surface area (Å²) in [7, 11) is 1.70. The average Bonchev–Trinajstić information content (AvgIpc) is 2.30. The van der Waals surface area contributed by atoms with E-state index in [2.05, 4.69) is 36.4 Å². The third-order valence-corrected chi connectivity index (χ3v) is 2.61. The molecule has 0 bridgehead atoms. The molecule has 96 valence electrons. The van der Waals surface area contributed by atoms with E-state index in [0.717, 1.165) is 25.6 Å². The van der Waals surface area contributed by atoms with Gasteiger partial charge in [0.2, 0.25) is 0 Å². The summed E-state index contributed by atoms with van der Waals surface area (Å²) < 4.78 is 4.99. The van der Waals surface area contributed by atoms with E-state index in [4.69, 9.17) is 4.74 Å². The van der Waals surface area contributed by atoms with Crippen LogP contribution < -0.4 is 10.6 Å². The van der Waals surface area contributed by atoms with E-state index >= 15 is 0 Å². The van der Waals surface area contributed by atoms with E-state index in [-0.39, 0.29) is 0 Å². The number of hydrogen-bond acceptors (Lipinski definition) is 2. The number of aliphatic imine (C=N–C) groups is 1. The van der Waals surface area contributed by atoms with Crippen molar-refractivity contribution in [2.24, 2.45) is 10.9 Å². The Bertz CT molecular complexity index is 179. The van der Waals surface area contributed by atoms with Crippen LogP contribution in [0.3, 0.4) is 0 Å². The van der Waals surface area contributed by atoms with Gasteiger partial charge < -0.3 is 15.4 Å². The fourth-order valence-electron chi connectivity index (χ4n) is 1.38. The Kier molecular flexibility index (Phi) is 10.2. The molecule has 0 rings (SSSR count). The van der Waals surface area contributed by atoms with Gasteiger partial charge in [-0.3, -0.25) is 4.99 Å². The fourth-order valence-corrected chi connectivity index (χ4v) is 1.38. The van der Waals surface area contributed by atoms with Gasteiger partial charge in [-0.05, 0) is 12.8 Å². The minimum atomic E-state index is 0.692. The molecule has 0 aliphatic carbocycles. The molecule has 0 heterocycles. The molecule has 0 radical (unpaired) electrons. The van der Waals surface area contributed by atoms with Gasteiger partial charge in [0.1, 0.15) is 0 Å². The van der Waals surface area contributed by atoms with E-state index in [1.165, 1.54) is 12.8 Å². The molecule has 0 atom stereocenters. The lowest BCUT2D eigenvalue weighted by molar-refractivity contribution is 0.203. The van der Waals surface area contributed by atoms with Crippen LogP contribution in [0.25, 0.3) is 0 Å². The first kappa shape index (κ1) is 15.2. The zero-order valence-electron chi connectivity index (χ0n) is 11.2. The first-order valence-electron chi connectivity index (χ1n) is 6.29. The summed E-state index contributed by atoms with van der Waals surface area (Å²) in [6.45, 7) is 9.80. The second-order valence-corrected chi connectivity index (χ2v) is 3.82. The van der Waals surface area contributed by atoms with Crippen LogP contribution >= 0.6 is 0 Å². The highest BCUT2D eigenvalue weighted by atomic mass is 16.5. The Balaban J connectivity index is 4.00. The molecule has 0 aromatic heterocycles. The molecule has 16 heavy (non-hydrogen) atoms. The van der Waals surface area contributed by atoms with Crippen LogP contribution in [0.1, 0.15) is 33.6 Å². The van der Waals surface area contributed by atoms with Crippen molar-refractivity contribution in [2.45, 2.75) is 33.6 Å². The van der Waals surface area contributed by atoms with Crippen molar-refractivity contribution in [1.82, 2.24) is 10.6 Å². The predicted molar refractivity (Wildman–Crippen MR) is 69.9 cm³/mol. The monoisotopic (exact) mass is 229 g/mol. The van der Waals surface area contributed by atoms with Crippen molar-refractivity contribution >= 4 is 5.96 Å². The van der Waals surface area contributed by atoms with Gasteiger partial charge in [0, 0.05) is 26.7 Å². The number of guanidine groups is 1. The first-order chi connectivity index (χ1) is 7.78. The Labute approximate surface area is 99.9 Å². The van der Waals surface area contributed by atoms with Crippen LogP contribution in [0.4, 0.5) is 0 Å². The smallest absolute Gasteiger partial charge is 0.191 e. The second kappa shape index (κ2) is 10.7. The van der Waals surface area contributed by atoms with Crippen LogP contribution in [-0.4, -0.2) is 39.3 Å². The maximum absolute atomic E-state index is 4.99. The number of hydrogen-bond donors (Lipinski definition) is 2. The highest BCUT2D eigenvalue weighted by Gasteiger charge is 2.03. The summed E-state index contributed by atoms with van der Waals surface area (Å²) in [5.74, 6) is 1.59. The molecule has 0 saturated heterocycles.